The maximum absolute atomic E-state index is 12.9. The van der Waals surface area contributed by atoms with Crippen LogP contribution in [0.1, 0.15) is 21.7 Å². The highest BCUT2D eigenvalue weighted by molar-refractivity contribution is 5.95. The van der Waals surface area contributed by atoms with Crippen molar-refractivity contribution in [3.63, 3.8) is 0 Å². The third-order valence-electron chi connectivity index (χ3n) is 4.58. The number of imidazole rings is 1. The summed E-state index contributed by atoms with van der Waals surface area (Å²) in [5.74, 6) is 1.33. The molecule has 0 aliphatic carbocycles. The number of amides is 1. The van der Waals surface area contributed by atoms with Crippen molar-refractivity contribution in [2.75, 3.05) is 13.3 Å². The fourth-order valence-electron chi connectivity index (χ4n) is 3.35. The molecular weight excluding hydrogens is 306 g/mol. The van der Waals surface area contributed by atoms with Crippen LogP contribution in [-0.2, 0) is 13.0 Å². The molecule has 0 atom stereocenters. The summed E-state index contributed by atoms with van der Waals surface area (Å²) in [6, 6.07) is 11.3. The lowest BCUT2D eigenvalue weighted by Gasteiger charge is -2.27. The topological polar surface area (TPSA) is 56.1 Å². The second-order valence-corrected chi connectivity index (χ2v) is 5.98. The van der Waals surface area contributed by atoms with Crippen LogP contribution in [0.3, 0.4) is 0 Å². The van der Waals surface area contributed by atoms with Gasteiger partial charge < -0.3 is 18.8 Å². The summed E-state index contributed by atoms with van der Waals surface area (Å²) < 4.78 is 12.7. The van der Waals surface area contributed by atoms with Crippen LogP contribution in [-0.4, -0.2) is 33.5 Å². The lowest BCUT2D eigenvalue weighted by Crippen LogP contribution is -2.36. The van der Waals surface area contributed by atoms with E-state index in [4.69, 9.17) is 9.47 Å². The van der Waals surface area contributed by atoms with Gasteiger partial charge in [0.15, 0.2) is 11.5 Å². The average molecular weight is 321 g/mol. The Morgan fingerprint density at radius 3 is 3.00 bits per heavy atom. The van der Waals surface area contributed by atoms with Crippen molar-refractivity contribution in [3.05, 3.63) is 59.5 Å². The molecule has 5 rings (SSSR count). The Bertz CT molecular complexity index is 963. The highest BCUT2D eigenvalue weighted by Gasteiger charge is 2.26. The molecule has 3 aromatic rings. The second kappa shape index (κ2) is 4.99. The maximum atomic E-state index is 12.9. The zero-order chi connectivity index (χ0) is 16.1. The van der Waals surface area contributed by atoms with Crippen molar-refractivity contribution in [2.24, 2.45) is 0 Å². The molecule has 6 heteroatoms. The average Bonchev–Trinajstić information content (AvgIpc) is 3.24. The fourth-order valence-corrected chi connectivity index (χ4v) is 3.35. The predicted octanol–water partition coefficient (Wildman–Crippen LogP) is 2.26. The van der Waals surface area contributed by atoms with Crippen molar-refractivity contribution in [2.45, 2.75) is 13.0 Å². The largest absolute Gasteiger partial charge is 0.454 e. The highest BCUT2D eigenvalue weighted by Crippen LogP contribution is 2.33. The smallest absolute Gasteiger partial charge is 0.254 e. The number of hydrogen-bond donors (Lipinski definition) is 0. The van der Waals surface area contributed by atoms with Gasteiger partial charge in [-0.25, -0.2) is 4.98 Å². The second-order valence-electron chi connectivity index (χ2n) is 5.98. The summed E-state index contributed by atoms with van der Waals surface area (Å²) in [4.78, 5) is 19.4. The van der Waals surface area contributed by atoms with Crippen molar-refractivity contribution in [1.29, 1.82) is 0 Å². The predicted molar refractivity (Wildman–Crippen MR) is 86.2 cm³/mol. The van der Waals surface area contributed by atoms with Gasteiger partial charge in [0.1, 0.15) is 5.65 Å². The molecule has 0 spiro atoms. The van der Waals surface area contributed by atoms with Crippen LogP contribution in [0.25, 0.3) is 5.65 Å². The monoisotopic (exact) mass is 321 g/mol. The summed E-state index contributed by atoms with van der Waals surface area (Å²) in [5, 5.41) is 0. The Kier molecular flexibility index (Phi) is 2.79. The van der Waals surface area contributed by atoms with Gasteiger partial charge in [0.25, 0.3) is 5.91 Å². The first-order chi connectivity index (χ1) is 11.8. The van der Waals surface area contributed by atoms with Crippen molar-refractivity contribution >= 4 is 11.6 Å². The summed E-state index contributed by atoms with van der Waals surface area (Å²) in [5.41, 5.74) is 3.72. The van der Waals surface area contributed by atoms with Gasteiger partial charge in [-0.3, -0.25) is 4.79 Å². The summed E-state index contributed by atoms with van der Waals surface area (Å²) in [6.07, 6.45) is 2.77. The number of pyridine rings is 1. The van der Waals surface area contributed by atoms with Crippen molar-refractivity contribution in [3.8, 4) is 11.5 Å². The van der Waals surface area contributed by atoms with Crippen LogP contribution >= 0.6 is 0 Å². The molecule has 0 bridgehead atoms. The first kappa shape index (κ1) is 13.4. The van der Waals surface area contributed by atoms with E-state index in [1.165, 1.54) is 0 Å². The molecule has 1 amide bonds. The lowest BCUT2D eigenvalue weighted by atomic mass is 10.1. The fraction of sp³-hybridized carbons (Fsp3) is 0.222. The van der Waals surface area contributed by atoms with Crippen LogP contribution in [0, 0.1) is 0 Å². The number of benzene rings is 1. The number of nitrogens with zero attached hydrogens (tertiary/aromatic N) is 3. The Balaban J connectivity index is 1.47. The minimum absolute atomic E-state index is 0.00447. The Labute approximate surface area is 138 Å². The van der Waals surface area contributed by atoms with E-state index in [0.29, 0.717) is 30.2 Å². The summed E-state index contributed by atoms with van der Waals surface area (Å²) in [6.45, 7) is 1.44. The molecule has 4 heterocycles. The van der Waals surface area contributed by atoms with Gasteiger partial charge in [-0.1, -0.05) is 6.07 Å². The van der Waals surface area contributed by atoms with Crippen LogP contribution in [0.4, 0.5) is 0 Å². The molecule has 0 saturated carbocycles. The van der Waals surface area contributed by atoms with Gasteiger partial charge in [-0.05, 0) is 30.3 Å². The number of hydrogen-bond acceptors (Lipinski definition) is 4. The molecule has 120 valence electrons. The molecule has 2 aromatic heterocycles. The van der Waals surface area contributed by atoms with Gasteiger partial charge in [-0.2, -0.15) is 0 Å². The third-order valence-corrected chi connectivity index (χ3v) is 4.58. The van der Waals surface area contributed by atoms with E-state index < -0.39 is 0 Å². The number of aromatic nitrogens is 2. The quantitative estimate of drug-likeness (QED) is 0.690. The van der Waals surface area contributed by atoms with Gasteiger partial charge in [0, 0.05) is 24.7 Å². The zero-order valence-electron chi connectivity index (χ0n) is 12.9. The zero-order valence-corrected chi connectivity index (χ0v) is 12.9. The highest BCUT2D eigenvalue weighted by atomic mass is 16.7. The van der Waals surface area contributed by atoms with E-state index in [2.05, 4.69) is 9.38 Å². The van der Waals surface area contributed by atoms with Crippen LogP contribution < -0.4 is 9.47 Å². The molecule has 0 fully saturated rings. The molecule has 2 aliphatic rings. The van der Waals surface area contributed by atoms with E-state index >= 15 is 0 Å². The molecule has 0 radical (unpaired) electrons. The van der Waals surface area contributed by atoms with Crippen LogP contribution in [0.15, 0.2) is 42.6 Å². The van der Waals surface area contributed by atoms with Crippen LogP contribution in [0.5, 0.6) is 11.5 Å². The SMILES string of the molecule is O=C(c1ccc2c(c1)OCO2)N1CCc2nc3ccccn3c2C1. The molecule has 2 aliphatic heterocycles. The van der Waals surface area contributed by atoms with E-state index in [0.717, 1.165) is 23.5 Å². The Morgan fingerprint density at radius 2 is 2.04 bits per heavy atom. The maximum Gasteiger partial charge on any atom is 0.254 e. The number of carbonyl (C=O) groups excluding carboxylic acids is 1. The molecular formula is C18H15N3O3. The van der Waals surface area contributed by atoms with E-state index in [1.807, 2.05) is 29.3 Å². The molecule has 24 heavy (non-hydrogen) atoms. The van der Waals surface area contributed by atoms with Gasteiger partial charge in [0.2, 0.25) is 6.79 Å². The van der Waals surface area contributed by atoms with Gasteiger partial charge >= 0.3 is 0 Å². The summed E-state index contributed by atoms with van der Waals surface area (Å²) >= 11 is 0. The van der Waals surface area contributed by atoms with E-state index in [9.17, 15) is 4.79 Å². The normalized spacial score (nSPS) is 15.6. The van der Waals surface area contributed by atoms with E-state index in [1.54, 1.807) is 18.2 Å². The minimum atomic E-state index is 0.00447. The van der Waals surface area contributed by atoms with Crippen LogP contribution in [0.2, 0.25) is 0 Å². The van der Waals surface area contributed by atoms with Crippen molar-refractivity contribution in [1.82, 2.24) is 14.3 Å². The first-order valence-electron chi connectivity index (χ1n) is 7.93. The Morgan fingerprint density at radius 1 is 1.12 bits per heavy atom. The van der Waals surface area contributed by atoms with Gasteiger partial charge in [0.05, 0.1) is 17.9 Å². The molecule has 1 aromatic carbocycles. The van der Waals surface area contributed by atoms with Gasteiger partial charge in [-0.15, -0.1) is 0 Å². The number of carbonyl (C=O) groups is 1. The molecule has 0 saturated heterocycles. The minimum Gasteiger partial charge on any atom is -0.454 e. The first-order valence-corrected chi connectivity index (χ1v) is 7.93. The Hall–Kier alpha value is -3.02. The summed E-state index contributed by atoms with van der Waals surface area (Å²) in [7, 11) is 0. The third kappa shape index (κ3) is 1.96. The standard InChI is InChI=1S/C18H15N3O3/c22-18(12-4-5-15-16(9-12)24-11-23-15)20-8-6-13-14(10-20)21-7-2-1-3-17(21)19-13/h1-5,7,9H,6,8,10-11H2. The number of ether oxygens (including phenoxy) is 2. The van der Waals surface area contributed by atoms with E-state index in [-0.39, 0.29) is 12.7 Å². The van der Waals surface area contributed by atoms with Crippen molar-refractivity contribution < 1.29 is 14.3 Å². The molecule has 6 nitrogen and oxygen atoms in total. The number of fused-ring (bicyclic) bond motifs is 4. The number of rotatable bonds is 1. The molecule has 0 N–H and O–H groups in total. The molecule has 0 unspecified atom stereocenters. The lowest BCUT2D eigenvalue weighted by molar-refractivity contribution is 0.0730.